The largest absolute Gasteiger partial charge is 0.481 e. The Bertz CT molecular complexity index is 280. The van der Waals surface area contributed by atoms with E-state index in [-0.39, 0.29) is 17.9 Å². The Balaban J connectivity index is 4.73. The van der Waals surface area contributed by atoms with Crippen molar-refractivity contribution in [1.29, 1.82) is 0 Å². The molecule has 5 nitrogen and oxygen atoms in total. The van der Waals surface area contributed by atoms with Gasteiger partial charge in [-0.25, -0.2) is 0 Å². The van der Waals surface area contributed by atoms with Crippen molar-refractivity contribution in [3.8, 4) is 0 Å². The van der Waals surface area contributed by atoms with Gasteiger partial charge in [-0.05, 0) is 18.1 Å². The highest BCUT2D eigenvalue weighted by molar-refractivity contribution is 6.74. The summed E-state index contributed by atoms with van der Waals surface area (Å²) in [6, 6.07) is 0. The molecule has 0 rings (SSSR count). The van der Waals surface area contributed by atoms with Crippen molar-refractivity contribution in [2.75, 3.05) is 0 Å². The summed E-state index contributed by atoms with van der Waals surface area (Å²) in [6.45, 7) is 10.2. The lowest BCUT2D eigenvalue weighted by Crippen LogP contribution is -2.45. The van der Waals surface area contributed by atoms with Crippen LogP contribution in [-0.2, 0) is 14.0 Å². The van der Waals surface area contributed by atoms with Crippen molar-refractivity contribution in [2.45, 2.75) is 57.8 Å². The molecule has 3 N–H and O–H groups in total. The summed E-state index contributed by atoms with van der Waals surface area (Å²) < 4.78 is 5.88. The summed E-state index contributed by atoms with van der Waals surface area (Å²) in [6.07, 6.45) is -0.847. The van der Waals surface area contributed by atoms with Crippen LogP contribution in [0.25, 0.3) is 0 Å². The van der Waals surface area contributed by atoms with E-state index in [2.05, 4.69) is 20.8 Å². The average molecular weight is 261 g/mol. The molecular formula is C11H23NO4Si. The number of primary amides is 1. The van der Waals surface area contributed by atoms with E-state index >= 15 is 0 Å². The maximum Gasteiger partial charge on any atom is 0.305 e. The van der Waals surface area contributed by atoms with Crippen LogP contribution in [0.5, 0.6) is 0 Å². The number of nitrogens with two attached hydrogens (primary N) is 1. The third-order valence-electron chi connectivity index (χ3n) is 3.10. The maximum atomic E-state index is 10.9. The van der Waals surface area contributed by atoms with Crippen LogP contribution in [0.3, 0.4) is 0 Å². The van der Waals surface area contributed by atoms with E-state index in [4.69, 9.17) is 15.3 Å². The number of carbonyl (C=O) groups is 2. The molecule has 100 valence electrons. The van der Waals surface area contributed by atoms with Gasteiger partial charge in [-0.3, -0.25) is 9.59 Å². The number of carboxylic acid groups (broad SMARTS) is 1. The number of carboxylic acids is 1. The zero-order valence-electron chi connectivity index (χ0n) is 11.2. The molecule has 0 aromatic rings. The minimum Gasteiger partial charge on any atom is -0.481 e. The first-order valence-corrected chi connectivity index (χ1v) is 8.54. The standard InChI is InChI=1S/C11H23NO4Si/c1-11(2,3)17(4,5)16-8(6-9(12)13)7-10(14)15/h8H,6-7H2,1-5H3,(H2,12,13)(H,14,15)/t8-/m0/s1. The Kier molecular flexibility index (Phi) is 5.34. The molecule has 0 saturated carbocycles. The van der Waals surface area contributed by atoms with Crippen molar-refractivity contribution in [1.82, 2.24) is 0 Å². The van der Waals surface area contributed by atoms with Crippen molar-refractivity contribution < 1.29 is 19.1 Å². The monoisotopic (exact) mass is 261 g/mol. The molecule has 0 aliphatic rings. The number of aliphatic carboxylic acids is 1. The number of hydrogen-bond acceptors (Lipinski definition) is 3. The highest BCUT2D eigenvalue weighted by Gasteiger charge is 2.39. The van der Waals surface area contributed by atoms with Crippen molar-refractivity contribution >= 4 is 20.2 Å². The predicted octanol–water partition coefficient (Wildman–Crippen LogP) is 1.73. The smallest absolute Gasteiger partial charge is 0.305 e. The highest BCUT2D eigenvalue weighted by Crippen LogP contribution is 2.37. The maximum absolute atomic E-state index is 10.9. The molecule has 0 bridgehead atoms. The molecular weight excluding hydrogens is 238 g/mol. The van der Waals surface area contributed by atoms with Gasteiger partial charge in [0.25, 0.3) is 0 Å². The van der Waals surface area contributed by atoms with Gasteiger partial charge in [0, 0.05) is 0 Å². The molecule has 0 spiro atoms. The van der Waals surface area contributed by atoms with Crippen LogP contribution in [0.15, 0.2) is 0 Å². The van der Waals surface area contributed by atoms with Crippen LogP contribution in [-0.4, -0.2) is 31.4 Å². The molecule has 0 fully saturated rings. The van der Waals surface area contributed by atoms with Gasteiger partial charge >= 0.3 is 5.97 Å². The average Bonchev–Trinajstić information content (AvgIpc) is 1.96. The topological polar surface area (TPSA) is 89.6 Å². The van der Waals surface area contributed by atoms with Crippen molar-refractivity contribution in [3.63, 3.8) is 0 Å². The second-order valence-electron chi connectivity index (χ2n) is 5.77. The van der Waals surface area contributed by atoms with Crippen molar-refractivity contribution in [3.05, 3.63) is 0 Å². The molecule has 0 unspecified atom stereocenters. The summed E-state index contributed by atoms with van der Waals surface area (Å²) in [5.41, 5.74) is 5.10. The molecule has 0 aromatic heterocycles. The number of amides is 1. The van der Waals surface area contributed by atoms with Crippen LogP contribution in [0.4, 0.5) is 0 Å². The third-order valence-corrected chi connectivity index (χ3v) is 7.63. The van der Waals surface area contributed by atoms with Crippen LogP contribution in [0, 0.1) is 0 Å². The summed E-state index contributed by atoms with van der Waals surface area (Å²) >= 11 is 0. The molecule has 0 aliphatic heterocycles. The first-order chi connectivity index (χ1) is 7.45. The van der Waals surface area contributed by atoms with E-state index in [1.165, 1.54) is 0 Å². The minimum absolute atomic E-state index is 0.0264. The van der Waals surface area contributed by atoms with E-state index in [0.717, 1.165) is 0 Å². The van der Waals surface area contributed by atoms with Gasteiger partial charge in [0.2, 0.25) is 5.91 Å². The SMILES string of the molecule is CC(C)(C)[Si](C)(C)O[C@@H](CC(N)=O)CC(=O)O. The lowest BCUT2D eigenvalue weighted by atomic mass is 10.2. The zero-order valence-corrected chi connectivity index (χ0v) is 12.2. The Hall–Kier alpha value is -0.883. The van der Waals surface area contributed by atoms with Gasteiger partial charge in [-0.15, -0.1) is 0 Å². The minimum atomic E-state index is -2.07. The summed E-state index contributed by atoms with van der Waals surface area (Å²) in [5.74, 6) is -1.51. The van der Waals surface area contributed by atoms with Crippen LogP contribution in [0.1, 0.15) is 33.6 Å². The highest BCUT2D eigenvalue weighted by atomic mass is 28.4. The Morgan fingerprint density at radius 2 is 1.76 bits per heavy atom. The molecule has 1 atom stereocenters. The van der Waals surface area contributed by atoms with Crippen LogP contribution < -0.4 is 5.73 Å². The molecule has 0 heterocycles. The summed E-state index contributed by atoms with van der Waals surface area (Å²) in [4.78, 5) is 21.6. The van der Waals surface area contributed by atoms with Crippen LogP contribution in [0.2, 0.25) is 18.1 Å². The Morgan fingerprint density at radius 3 is 2.06 bits per heavy atom. The van der Waals surface area contributed by atoms with Crippen molar-refractivity contribution in [2.24, 2.45) is 5.73 Å². The Morgan fingerprint density at radius 1 is 1.29 bits per heavy atom. The number of rotatable bonds is 6. The quantitative estimate of drug-likeness (QED) is 0.712. The lowest BCUT2D eigenvalue weighted by Gasteiger charge is -2.38. The van der Waals surface area contributed by atoms with E-state index in [1.54, 1.807) is 0 Å². The third kappa shape index (κ3) is 5.83. The zero-order chi connectivity index (χ0) is 13.9. The van der Waals surface area contributed by atoms with Gasteiger partial charge in [-0.2, -0.15) is 0 Å². The molecule has 0 aromatic carbocycles. The fraction of sp³-hybridized carbons (Fsp3) is 0.818. The van der Waals surface area contributed by atoms with E-state index in [1.807, 2.05) is 13.1 Å². The molecule has 0 saturated heterocycles. The summed E-state index contributed by atoms with van der Waals surface area (Å²) in [5, 5.41) is 8.75. The molecule has 0 radical (unpaired) electrons. The van der Waals surface area contributed by atoms with Gasteiger partial charge in [-0.1, -0.05) is 20.8 Å². The first-order valence-electron chi connectivity index (χ1n) is 5.63. The summed E-state index contributed by atoms with van der Waals surface area (Å²) in [7, 11) is -2.07. The number of carbonyl (C=O) groups excluding carboxylic acids is 1. The predicted molar refractivity (Wildman–Crippen MR) is 68.1 cm³/mol. The molecule has 0 aliphatic carbocycles. The fourth-order valence-corrected chi connectivity index (χ4v) is 2.52. The Labute approximate surface area is 103 Å². The molecule has 1 amide bonds. The fourth-order valence-electron chi connectivity index (χ4n) is 1.17. The second-order valence-corrected chi connectivity index (χ2v) is 10.5. The van der Waals surface area contributed by atoms with E-state index < -0.39 is 26.3 Å². The lowest BCUT2D eigenvalue weighted by molar-refractivity contribution is -0.139. The molecule has 6 heteroatoms. The normalized spacial score (nSPS) is 14.4. The van der Waals surface area contributed by atoms with E-state index in [0.29, 0.717) is 0 Å². The van der Waals surface area contributed by atoms with Crippen LogP contribution >= 0.6 is 0 Å². The number of hydrogen-bond donors (Lipinski definition) is 2. The second kappa shape index (κ2) is 5.64. The van der Waals surface area contributed by atoms with E-state index in [9.17, 15) is 9.59 Å². The molecule has 17 heavy (non-hydrogen) atoms. The van der Waals surface area contributed by atoms with Gasteiger partial charge in [0.1, 0.15) is 0 Å². The van der Waals surface area contributed by atoms with Gasteiger partial charge < -0.3 is 15.3 Å². The first kappa shape index (κ1) is 16.1. The van der Waals surface area contributed by atoms with Gasteiger partial charge in [0.15, 0.2) is 8.32 Å². The van der Waals surface area contributed by atoms with Gasteiger partial charge in [0.05, 0.1) is 18.9 Å².